The van der Waals surface area contributed by atoms with E-state index in [4.69, 9.17) is 15.0 Å². The lowest BCUT2D eigenvalue weighted by atomic mass is 10.1. The van der Waals surface area contributed by atoms with Crippen molar-refractivity contribution >= 4 is 18.2 Å². The first kappa shape index (κ1) is 16.1. The molecule has 0 saturated heterocycles. The number of hydroxylamine groups is 1. The van der Waals surface area contributed by atoms with E-state index in [2.05, 4.69) is 0 Å². The third kappa shape index (κ3) is 3.31. The molecule has 0 aliphatic heterocycles. The molecule has 1 heterocycles. The zero-order chi connectivity index (χ0) is 14.0. The smallest absolute Gasteiger partial charge is 0.416 e. The summed E-state index contributed by atoms with van der Waals surface area (Å²) in [5.74, 6) is -0.172. The summed E-state index contributed by atoms with van der Waals surface area (Å²) in [4.78, 5) is 0. The van der Waals surface area contributed by atoms with Crippen LogP contribution in [-0.4, -0.2) is 11.0 Å². The quantitative estimate of drug-likeness (QED) is 0.450. The molecule has 108 valence electrons. The molecule has 0 radical (unpaired) electrons. The van der Waals surface area contributed by atoms with Crippen molar-refractivity contribution in [2.24, 2.45) is 0 Å². The number of hydrogen-bond acceptors (Lipinski definition) is 3. The maximum Gasteiger partial charge on any atom is 0.416 e. The molecule has 1 aromatic carbocycles. The van der Waals surface area contributed by atoms with Crippen LogP contribution < -0.4 is 5.48 Å². The molecule has 0 spiro atoms. The highest BCUT2D eigenvalue weighted by atomic mass is 35.5. The van der Waals surface area contributed by atoms with Gasteiger partial charge in [-0.05, 0) is 24.3 Å². The van der Waals surface area contributed by atoms with E-state index in [9.17, 15) is 13.2 Å². The second kappa shape index (κ2) is 5.98. The van der Waals surface area contributed by atoms with Gasteiger partial charge in [0, 0.05) is 5.56 Å². The van der Waals surface area contributed by atoms with Gasteiger partial charge >= 0.3 is 6.18 Å². The Kier molecular flexibility index (Phi) is 4.80. The predicted octanol–water partition coefficient (Wildman–Crippen LogP) is 3.69. The number of alkyl halides is 3. The Morgan fingerprint density at radius 1 is 1.20 bits per heavy atom. The molecular formula is C12H10ClF3N2O2. The summed E-state index contributed by atoms with van der Waals surface area (Å²) in [6.07, 6.45) is -4.43. The lowest BCUT2D eigenvalue weighted by Crippen LogP contribution is -2.17. The minimum Gasteiger partial charge on any atom is -0.453 e. The average Bonchev–Trinajstić information content (AvgIpc) is 2.86. The number of hydrogen-bond donors (Lipinski definition) is 3. The summed E-state index contributed by atoms with van der Waals surface area (Å²) in [5, 5.41) is 15.8. The molecule has 0 aliphatic carbocycles. The van der Waals surface area contributed by atoms with Crippen LogP contribution in [0.1, 0.15) is 11.3 Å². The molecule has 0 atom stereocenters. The summed E-state index contributed by atoms with van der Waals surface area (Å²) in [5.41, 5.74) is 1.05. The molecule has 20 heavy (non-hydrogen) atoms. The molecule has 0 unspecified atom stereocenters. The van der Waals surface area contributed by atoms with E-state index in [0.29, 0.717) is 0 Å². The van der Waals surface area contributed by atoms with E-state index < -0.39 is 11.7 Å². The second-order valence-electron chi connectivity index (χ2n) is 3.73. The van der Waals surface area contributed by atoms with Gasteiger partial charge in [0.15, 0.2) is 11.6 Å². The Morgan fingerprint density at radius 3 is 2.50 bits per heavy atom. The van der Waals surface area contributed by atoms with Crippen LogP contribution in [0.25, 0.3) is 11.3 Å². The normalized spacial score (nSPS) is 10.8. The first-order valence-electron chi connectivity index (χ1n) is 5.18. The topological polar surface area (TPSA) is 69.2 Å². The highest BCUT2D eigenvalue weighted by molar-refractivity contribution is 5.93. The largest absolute Gasteiger partial charge is 0.453 e. The van der Waals surface area contributed by atoms with E-state index in [-0.39, 0.29) is 35.3 Å². The fourth-order valence-electron chi connectivity index (χ4n) is 1.53. The number of amidine groups is 1. The van der Waals surface area contributed by atoms with Gasteiger partial charge in [-0.25, -0.2) is 5.48 Å². The van der Waals surface area contributed by atoms with Crippen molar-refractivity contribution in [3.63, 3.8) is 0 Å². The molecule has 1 aromatic heterocycles. The fourth-order valence-corrected chi connectivity index (χ4v) is 1.53. The Morgan fingerprint density at radius 2 is 1.90 bits per heavy atom. The number of benzene rings is 1. The molecule has 2 rings (SSSR count). The molecule has 0 aliphatic rings. The molecule has 8 heteroatoms. The Hall–Kier alpha value is -1.99. The molecule has 3 N–H and O–H groups in total. The van der Waals surface area contributed by atoms with Crippen molar-refractivity contribution in [1.29, 1.82) is 5.41 Å². The molecule has 0 fully saturated rings. The van der Waals surface area contributed by atoms with Crippen molar-refractivity contribution in [1.82, 2.24) is 5.48 Å². The monoisotopic (exact) mass is 306 g/mol. The van der Waals surface area contributed by atoms with E-state index in [1.165, 1.54) is 24.3 Å². The van der Waals surface area contributed by atoms with E-state index in [1.807, 2.05) is 0 Å². The Bertz CT molecular complexity index is 611. The number of nitrogens with one attached hydrogen (secondary N) is 2. The van der Waals surface area contributed by atoms with Crippen molar-refractivity contribution in [2.75, 3.05) is 0 Å². The van der Waals surface area contributed by atoms with Crippen LogP contribution in [0.3, 0.4) is 0 Å². The lowest BCUT2D eigenvalue weighted by molar-refractivity contribution is -0.137. The van der Waals surface area contributed by atoms with Crippen LogP contribution in [0.15, 0.2) is 40.8 Å². The zero-order valence-corrected chi connectivity index (χ0v) is 10.7. The van der Waals surface area contributed by atoms with Crippen LogP contribution in [0.5, 0.6) is 0 Å². The van der Waals surface area contributed by atoms with Crippen LogP contribution in [0.4, 0.5) is 13.2 Å². The van der Waals surface area contributed by atoms with Crippen LogP contribution in [-0.2, 0) is 6.18 Å². The number of halogens is 4. The van der Waals surface area contributed by atoms with Gasteiger partial charge in [-0.1, -0.05) is 12.1 Å². The summed E-state index contributed by atoms with van der Waals surface area (Å²) >= 11 is 0. The first-order valence-corrected chi connectivity index (χ1v) is 5.18. The molecule has 2 aromatic rings. The fraction of sp³-hybridized carbons (Fsp3) is 0.0833. The van der Waals surface area contributed by atoms with Crippen molar-refractivity contribution < 1.29 is 22.8 Å². The minimum atomic E-state index is -4.43. The van der Waals surface area contributed by atoms with Gasteiger partial charge in [-0.2, -0.15) is 13.2 Å². The Labute approximate surface area is 118 Å². The van der Waals surface area contributed by atoms with Gasteiger partial charge in [0.25, 0.3) is 0 Å². The average molecular weight is 307 g/mol. The van der Waals surface area contributed by atoms with Gasteiger partial charge in [0.1, 0.15) is 5.76 Å². The van der Waals surface area contributed by atoms with E-state index in [0.717, 1.165) is 12.1 Å². The van der Waals surface area contributed by atoms with Gasteiger partial charge in [-0.15, -0.1) is 12.4 Å². The summed E-state index contributed by atoms with van der Waals surface area (Å²) in [6.45, 7) is 0. The zero-order valence-electron chi connectivity index (χ0n) is 9.86. The second-order valence-corrected chi connectivity index (χ2v) is 3.73. The number of rotatable bonds is 2. The molecule has 0 bridgehead atoms. The van der Waals surface area contributed by atoms with E-state index in [1.54, 1.807) is 5.48 Å². The minimum absolute atomic E-state index is 0. The summed E-state index contributed by atoms with van der Waals surface area (Å²) < 4.78 is 42.9. The molecular weight excluding hydrogens is 297 g/mol. The van der Waals surface area contributed by atoms with Crippen LogP contribution >= 0.6 is 12.4 Å². The van der Waals surface area contributed by atoms with Crippen molar-refractivity contribution in [3.05, 3.63) is 47.7 Å². The number of furan rings is 1. The standard InChI is InChI=1S/C12H9F3N2O2.ClH/c13-12(14,15)8-3-1-2-7(6-8)9-4-5-10(19-9)11(16)17-18;/h1-6,18H,(H2,16,17);1H. The maximum absolute atomic E-state index is 12.6. The SMILES string of the molecule is Cl.N=C(NO)c1ccc(-c2cccc(C(F)(F)F)c2)o1. The van der Waals surface area contributed by atoms with Crippen LogP contribution in [0, 0.1) is 5.41 Å². The van der Waals surface area contributed by atoms with Gasteiger partial charge in [0.05, 0.1) is 5.56 Å². The summed E-state index contributed by atoms with van der Waals surface area (Å²) in [6, 6.07) is 7.46. The highest BCUT2D eigenvalue weighted by Gasteiger charge is 2.30. The lowest BCUT2D eigenvalue weighted by Gasteiger charge is -2.07. The van der Waals surface area contributed by atoms with E-state index >= 15 is 0 Å². The maximum atomic E-state index is 12.6. The third-order valence-corrected chi connectivity index (χ3v) is 2.44. The Balaban J connectivity index is 0.00000200. The predicted molar refractivity (Wildman–Crippen MR) is 68.1 cm³/mol. The molecule has 0 saturated carbocycles. The molecule has 4 nitrogen and oxygen atoms in total. The van der Waals surface area contributed by atoms with Gasteiger partial charge in [-0.3, -0.25) is 10.6 Å². The first-order chi connectivity index (χ1) is 8.91. The van der Waals surface area contributed by atoms with Crippen molar-refractivity contribution in [3.8, 4) is 11.3 Å². The van der Waals surface area contributed by atoms with Gasteiger partial charge in [0.2, 0.25) is 0 Å². The van der Waals surface area contributed by atoms with Crippen LogP contribution in [0.2, 0.25) is 0 Å². The highest BCUT2D eigenvalue weighted by Crippen LogP contribution is 2.32. The summed E-state index contributed by atoms with van der Waals surface area (Å²) in [7, 11) is 0. The molecule has 0 amide bonds. The van der Waals surface area contributed by atoms with Gasteiger partial charge < -0.3 is 4.42 Å². The third-order valence-electron chi connectivity index (χ3n) is 2.44. The van der Waals surface area contributed by atoms with Crippen molar-refractivity contribution in [2.45, 2.75) is 6.18 Å².